The zero-order chi connectivity index (χ0) is 31.5. The van der Waals surface area contributed by atoms with Crippen LogP contribution >= 0.6 is 0 Å². The van der Waals surface area contributed by atoms with Gasteiger partial charge < -0.3 is 33.5 Å². The van der Waals surface area contributed by atoms with E-state index in [4.69, 9.17) is 28.4 Å². The van der Waals surface area contributed by atoms with E-state index in [9.17, 15) is 29.1 Å². The SMILES string of the molecule is CC(=O)OC1CC2C(OC(C)=O)C3C4(O)COC4CC(OC(C)=O)C3(C)C(OC(C)=O)C(OC(C)=O)C(=C1C)C2(C)C. The average molecular weight is 595 g/mol. The van der Waals surface area contributed by atoms with E-state index in [1.807, 2.05) is 13.8 Å². The number of carbonyl (C=O) groups is 5. The van der Waals surface area contributed by atoms with Crippen LogP contribution in [-0.4, -0.2) is 83.8 Å². The Hall–Kier alpha value is -2.99. The van der Waals surface area contributed by atoms with E-state index in [2.05, 4.69) is 0 Å². The second-order valence-electron chi connectivity index (χ2n) is 12.9. The number of fused-ring (bicyclic) bond motifs is 5. The van der Waals surface area contributed by atoms with Gasteiger partial charge in [-0.05, 0) is 29.9 Å². The van der Waals surface area contributed by atoms with Crippen molar-refractivity contribution in [3.8, 4) is 0 Å². The first-order valence-corrected chi connectivity index (χ1v) is 14.3. The van der Waals surface area contributed by atoms with Gasteiger partial charge in [-0.2, -0.15) is 0 Å². The molecule has 4 aliphatic rings. The van der Waals surface area contributed by atoms with Crippen molar-refractivity contribution in [2.45, 2.75) is 117 Å². The van der Waals surface area contributed by atoms with Gasteiger partial charge in [0.2, 0.25) is 0 Å². The van der Waals surface area contributed by atoms with Crippen molar-refractivity contribution < 1.29 is 57.5 Å². The third-order valence-corrected chi connectivity index (χ3v) is 9.80. The Morgan fingerprint density at radius 3 is 1.81 bits per heavy atom. The highest BCUT2D eigenvalue weighted by Gasteiger charge is 2.75. The molecule has 3 aliphatic carbocycles. The number of carbonyl (C=O) groups excluding carboxylic acids is 5. The first-order valence-electron chi connectivity index (χ1n) is 14.3. The molecule has 1 heterocycles. The van der Waals surface area contributed by atoms with E-state index < -0.39 is 94.7 Å². The van der Waals surface area contributed by atoms with Crippen LogP contribution in [0.1, 0.15) is 75.2 Å². The van der Waals surface area contributed by atoms with Gasteiger partial charge in [0.1, 0.15) is 23.9 Å². The zero-order valence-corrected chi connectivity index (χ0v) is 25.7. The predicted octanol–water partition coefficient (Wildman–Crippen LogP) is 2.18. The van der Waals surface area contributed by atoms with Crippen LogP contribution < -0.4 is 0 Å². The summed E-state index contributed by atoms with van der Waals surface area (Å²) in [5.41, 5.74) is -2.82. The monoisotopic (exact) mass is 594 g/mol. The summed E-state index contributed by atoms with van der Waals surface area (Å²) in [6.45, 7) is 13.4. The van der Waals surface area contributed by atoms with Gasteiger partial charge in [-0.3, -0.25) is 24.0 Å². The molecule has 0 spiro atoms. The van der Waals surface area contributed by atoms with Crippen LogP contribution in [0.3, 0.4) is 0 Å². The Morgan fingerprint density at radius 1 is 0.786 bits per heavy atom. The molecule has 0 radical (unpaired) electrons. The van der Waals surface area contributed by atoms with Crippen LogP contribution in [0.15, 0.2) is 11.1 Å². The van der Waals surface area contributed by atoms with Gasteiger partial charge in [0.15, 0.2) is 12.2 Å². The van der Waals surface area contributed by atoms with Crippen LogP contribution in [0.5, 0.6) is 0 Å². The highest BCUT2D eigenvalue weighted by atomic mass is 16.6. The maximum Gasteiger partial charge on any atom is 0.303 e. The maximum atomic E-state index is 12.8. The average Bonchev–Trinajstić information content (AvgIpc) is 2.82. The molecule has 10 atom stereocenters. The Morgan fingerprint density at radius 2 is 1.33 bits per heavy atom. The third kappa shape index (κ3) is 5.10. The fourth-order valence-electron chi connectivity index (χ4n) is 8.27. The Kier molecular flexibility index (Phi) is 8.31. The molecule has 2 bridgehead atoms. The molecule has 0 aromatic rings. The summed E-state index contributed by atoms with van der Waals surface area (Å²) in [5.74, 6) is -4.77. The molecule has 1 N–H and O–H groups in total. The minimum Gasteiger partial charge on any atom is -0.462 e. The molecule has 1 aliphatic heterocycles. The number of rotatable bonds is 5. The molecule has 3 fully saturated rings. The molecule has 1 saturated heterocycles. The lowest BCUT2D eigenvalue weighted by Crippen LogP contribution is -2.79. The lowest BCUT2D eigenvalue weighted by molar-refractivity contribution is -0.354. The van der Waals surface area contributed by atoms with Crippen molar-refractivity contribution in [2.24, 2.45) is 22.7 Å². The van der Waals surface area contributed by atoms with E-state index in [0.717, 1.165) is 0 Å². The molecule has 12 nitrogen and oxygen atoms in total. The third-order valence-electron chi connectivity index (χ3n) is 9.80. The second-order valence-corrected chi connectivity index (χ2v) is 12.9. The van der Waals surface area contributed by atoms with Gasteiger partial charge in [-0.15, -0.1) is 0 Å². The van der Waals surface area contributed by atoms with Crippen molar-refractivity contribution in [3.63, 3.8) is 0 Å². The van der Waals surface area contributed by atoms with Crippen molar-refractivity contribution >= 4 is 29.8 Å². The Bertz CT molecular complexity index is 1200. The number of aliphatic hydroxyl groups is 1. The van der Waals surface area contributed by atoms with Crippen LogP contribution in [0.25, 0.3) is 0 Å². The summed E-state index contributed by atoms with van der Waals surface area (Å²) in [6, 6.07) is 0. The fourth-order valence-corrected chi connectivity index (χ4v) is 8.27. The molecule has 10 unspecified atom stereocenters. The van der Waals surface area contributed by atoms with Crippen molar-refractivity contribution in [1.82, 2.24) is 0 Å². The summed E-state index contributed by atoms with van der Waals surface area (Å²) in [5, 5.41) is 12.3. The van der Waals surface area contributed by atoms with E-state index in [0.29, 0.717) is 11.1 Å². The Balaban J connectivity index is 2.13. The topological polar surface area (TPSA) is 161 Å². The highest BCUT2D eigenvalue weighted by Crippen LogP contribution is 2.64. The number of hydrogen-bond acceptors (Lipinski definition) is 12. The maximum absolute atomic E-state index is 12.8. The van der Waals surface area contributed by atoms with Crippen LogP contribution in [0.2, 0.25) is 0 Å². The van der Waals surface area contributed by atoms with Crippen LogP contribution in [0.4, 0.5) is 0 Å². The van der Waals surface area contributed by atoms with E-state index in [-0.39, 0.29) is 19.4 Å². The lowest BCUT2D eigenvalue weighted by atomic mass is 9.45. The normalized spacial score (nSPS) is 40.0. The Labute approximate surface area is 245 Å². The smallest absolute Gasteiger partial charge is 0.303 e. The molecule has 0 aromatic heterocycles. The fraction of sp³-hybridized carbons (Fsp3) is 0.767. The molecule has 0 amide bonds. The van der Waals surface area contributed by atoms with Crippen molar-refractivity contribution in [3.05, 3.63) is 11.1 Å². The number of hydrogen-bond donors (Lipinski definition) is 1. The molecule has 42 heavy (non-hydrogen) atoms. The predicted molar refractivity (Wildman–Crippen MR) is 143 cm³/mol. The van der Waals surface area contributed by atoms with Gasteiger partial charge in [0, 0.05) is 52.9 Å². The molecule has 234 valence electrons. The van der Waals surface area contributed by atoms with E-state index in [1.165, 1.54) is 34.6 Å². The summed E-state index contributed by atoms with van der Waals surface area (Å²) < 4.78 is 35.5. The molecule has 4 rings (SSSR count). The summed E-state index contributed by atoms with van der Waals surface area (Å²) in [4.78, 5) is 62.9. The van der Waals surface area contributed by atoms with Crippen molar-refractivity contribution in [1.29, 1.82) is 0 Å². The molecular formula is C30H42O12. The van der Waals surface area contributed by atoms with Crippen molar-refractivity contribution in [2.75, 3.05) is 6.61 Å². The van der Waals surface area contributed by atoms with Crippen LogP contribution in [0, 0.1) is 22.7 Å². The molecule has 2 saturated carbocycles. The summed E-state index contributed by atoms with van der Waals surface area (Å²) >= 11 is 0. The summed E-state index contributed by atoms with van der Waals surface area (Å²) in [6.07, 6.45) is -5.89. The lowest BCUT2D eigenvalue weighted by Gasteiger charge is -2.67. The minimum absolute atomic E-state index is 0.0581. The molecule has 0 aromatic carbocycles. The zero-order valence-electron chi connectivity index (χ0n) is 25.7. The van der Waals surface area contributed by atoms with Gasteiger partial charge in [-0.25, -0.2) is 0 Å². The second kappa shape index (κ2) is 10.9. The molecule has 12 heteroatoms. The first-order chi connectivity index (χ1) is 19.3. The van der Waals surface area contributed by atoms with Gasteiger partial charge in [0.25, 0.3) is 0 Å². The van der Waals surface area contributed by atoms with Gasteiger partial charge in [-0.1, -0.05) is 20.8 Å². The van der Waals surface area contributed by atoms with Gasteiger partial charge >= 0.3 is 29.8 Å². The minimum atomic E-state index is -1.59. The standard InChI is InChI=1S/C30H42O12/c1-13-20(38-14(2)31)10-19-24(40-16(4)33)26-29(9,21(39-15(3)32)11-22-30(26,36)12-37-22)27(42-18(6)35)25(41-17(5)34)23(13)28(19,7)8/h19-22,24-27,36H,10-12H2,1-9H3. The quantitative estimate of drug-likeness (QED) is 0.281. The van der Waals surface area contributed by atoms with Gasteiger partial charge in [0.05, 0.1) is 18.1 Å². The summed E-state index contributed by atoms with van der Waals surface area (Å²) in [7, 11) is 0. The number of ether oxygens (including phenoxy) is 6. The van der Waals surface area contributed by atoms with E-state index >= 15 is 0 Å². The molecular weight excluding hydrogens is 552 g/mol. The highest BCUT2D eigenvalue weighted by molar-refractivity contribution is 5.69. The largest absolute Gasteiger partial charge is 0.462 e. The number of esters is 5. The van der Waals surface area contributed by atoms with Crippen LogP contribution in [-0.2, 0) is 52.4 Å². The first kappa shape index (κ1) is 31.9. The van der Waals surface area contributed by atoms with E-state index in [1.54, 1.807) is 13.8 Å².